The van der Waals surface area contributed by atoms with Crippen LogP contribution in [0.1, 0.15) is 90.4 Å². The first-order valence-corrected chi connectivity index (χ1v) is 10.2. The van der Waals surface area contributed by atoms with Crippen LogP contribution in [0.3, 0.4) is 0 Å². The van der Waals surface area contributed by atoms with E-state index in [0.29, 0.717) is 19.1 Å². The summed E-state index contributed by atoms with van der Waals surface area (Å²) in [7, 11) is 0. The van der Waals surface area contributed by atoms with E-state index in [2.05, 4.69) is 19.1 Å². The molecule has 4 nitrogen and oxygen atoms in total. The third-order valence-electron chi connectivity index (χ3n) is 4.66. The summed E-state index contributed by atoms with van der Waals surface area (Å²) in [5.41, 5.74) is 0. The lowest BCUT2D eigenvalue weighted by molar-refractivity contribution is -0.151. The van der Waals surface area contributed by atoms with Crippen molar-refractivity contribution in [2.75, 3.05) is 13.2 Å². The molecule has 1 aliphatic rings. The van der Waals surface area contributed by atoms with Crippen molar-refractivity contribution in [3.63, 3.8) is 0 Å². The van der Waals surface area contributed by atoms with E-state index in [4.69, 9.17) is 9.47 Å². The average Bonchev–Trinajstić information content (AvgIpc) is 2.64. The molecule has 0 spiro atoms. The van der Waals surface area contributed by atoms with Crippen molar-refractivity contribution in [1.29, 1.82) is 0 Å². The molecule has 25 heavy (non-hydrogen) atoms. The van der Waals surface area contributed by atoms with Crippen LogP contribution in [0.5, 0.6) is 0 Å². The third kappa shape index (κ3) is 12.7. The van der Waals surface area contributed by atoms with Gasteiger partial charge < -0.3 is 9.47 Å². The van der Waals surface area contributed by atoms with Crippen LogP contribution in [-0.4, -0.2) is 25.2 Å². The molecule has 1 rings (SSSR count). The van der Waals surface area contributed by atoms with Crippen LogP contribution in [0.15, 0.2) is 12.2 Å². The summed E-state index contributed by atoms with van der Waals surface area (Å²) >= 11 is 0. The predicted octanol–water partition coefficient (Wildman–Crippen LogP) is 5.35. The van der Waals surface area contributed by atoms with Crippen LogP contribution in [0, 0.1) is 5.92 Å². The molecule has 0 aromatic carbocycles. The minimum atomic E-state index is -0.304. The van der Waals surface area contributed by atoms with Crippen LogP contribution in [-0.2, 0) is 19.1 Å². The molecular weight excluding hydrogens is 316 g/mol. The van der Waals surface area contributed by atoms with Crippen molar-refractivity contribution in [2.45, 2.75) is 90.4 Å². The zero-order chi connectivity index (χ0) is 18.2. The number of ether oxygens (including phenoxy) is 2. The standard InChI is InChI=1S/C21H36O4/c1-2-3-4-5-6-7-8-12-17-24-20(22)15-16-21(23)25-18-19-13-10-9-11-14-19/h6-7,19H,2-5,8-18H2,1H3/b7-6+. The maximum atomic E-state index is 11.7. The van der Waals surface area contributed by atoms with Gasteiger partial charge in [-0.25, -0.2) is 0 Å². The molecule has 0 aromatic heterocycles. The molecule has 0 heterocycles. The molecule has 0 radical (unpaired) electrons. The summed E-state index contributed by atoms with van der Waals surface area (Å²) < 4.78 is 10.4. The van der Waals surface area contributed by atoms with Gasteiger partial charge in [0.25, 0.3) is 0 Å². The monoisotopic (exact) mass is 352 g/mol. The highest BCUT2D eigenvalue weighted by atomic mass is 16.5. The average molecular weight is 353 g/mol. The van der Waals surface area contributed by atoms with Gasteiger partial charge >= 0.3 is 11.9 Å². The fourth-order valence-corrected chi connectivity index (χ4v) is 3.05. The zero-order valence-corrected chi connectivity index (χ0v) is 16.0. The van der Waals surface area contributed by atoms with E-state index in [0.717, 1.165) is 32.1 Å². The summed E-state index contributed by atoms with van der Waals surface area (Å²) in [4.78, 5) is 23.3. The quantitative estimate of drug-likeness (QED) is 0.255. The molecule has 1 fully saturated rings. The highest BCUT2D eigenvalue weighted by Crippen LogP contribution is 2.23. The normalized spacial score (nSPS) is 15.4. The molecule has 0 amide bonds. The Morgan fingerprint density at radius 1 is 0.880 bits per heavy atom. The van der Waals surface area contributed by atoms with Crippen LogP contribution in [0.2, 0.25) is 0 Å². The van der Waals surface area contributed by atoms with Crippen LogP contribution >= 0.6 is 0 Å². The van der Waals surface area contributed by atoms with Crippen molar-refractivity contribution < 1.29 is 19.1 Å². The van der Waals surface area contributed by atoms with Gasteiger partial charge in [-0.1, -0.05) is 51.2 Å². The molecule has 0 aromatic rings. The largest absolute Gasteiger partial charge is 0.466 e. The second kappa shape index (κ2) is 15.0. The molecule has 0 unspecified atom stereocenters. The number of unbranched alkanes of at least 4 members (excludes halogenated alkanes) is 4. The van der Waals surface area contributed by atoms with Crippen molar-refractivity contribution in [1.82, 2.24) is 0 Å². The SMILES string of the molecule is CCCCC/C=C/CCCOC(=O)CCC(=O)OCC1CCCCC1. The number of carbonyl (C=O) groups is 2. The Morgan fingerprint density at radius 2 is 1.52 bits per heavy atom. The van der Waals surface area contributed by atoms with E-state index in [1.807, 2.05) is 0 Å². The summed E-state index contributed by atoms with van der Waals surface area (Å²) in [5, 5.41) is 0. The van der Waals surface area contributed by atoms with Crippen LogP contribution in [0.25, 0.3) is 0 Å². The van der Waals surface area contributed by atoms with Crippen molar-refractivity contribution in [3.05, 3.63) is 12.2 Å². The second-order valence-corrected chi connectivity index (χ2v) is 7.02. The van der Waals surface area contributed by atoms with E-state index in [1.54, 1.807) is 0 Å². The minimum Gasteiger partial charge on any atom is -0.466 e. The summed E-state index contributed by atoms with van der Waals surface area (Å²) in [6.45, 7) is 3.14. The molecule has 0 saturated heterocycles. The smallest absolute Gasteiger partial charge is 0.306 e. The number of allylic oxidation sites excluding steroid dienone is 2. The van der Waals surface area contributed by atoms with Gasteiger partial charge in [-0.2, -0.15) is 0 Å². The van der Waals surface area contributed by atoms with Gasteiger partial charge in [0, 0.05) is 0 Å². The zero-order valence-electron chi connectivity index (χ0n) is 16.0. The van der Waals surface area contributed by atoms with Crippen LogP contribution < -0.4 is 0 Å². The van der Waals surface area contributed by atoms with Crippen LogP contribution in [0.4, 0.5) is 0 Å². The summed E-state index contributed by atoms with van der Waals surface area (Å²) in [5.74, 6) is -0.0706. The Hall–Kier alpha value is -1.32. The number of esters is 2. The van der Waals surface area contributed by atoms with Crippen molar-refractivity contribution in [2.24, 2.45) is 5.92 Å². The molecule has 144 valence electrons. The van der Waals surface area contributed by atoms with E-state index in [1.165, 1.54) is 38.5 Å². The molecular formula is C21H36O4. The van der Waals surface area contributed by atoms with Gasteiger partial charge in [-0.3, -0.25) is 9.59 Å². The molecule has 1 saturated carbocycles. The Labute approximate surface area is 153 Å². The highest BCUT2D eigenvalue weighted by Gasteiger charge is 2.16. The first-order chi connectivity index (χ1) is 12.2. The summed E-state index contributed by atoms with van der Waals surface area (Å²) in [6.07, 6.45) is 17.4. The van der Waals surface area contributed by atoms with Gasteiger partial charge in [0.05, 0.1) is 26.1 Å². The minimum absolute atomic E-state index is 0.121. The molecule has 0 N–H and O–H groups in total. The lowest BCUT2D eigenvalue weighted by Crippen LogP contribution is -2.17. The Morgan fingerprint density at radius 3 is 2.20 bits per heavy atom. The predicted molar refractivity (Wildman–Crippen MR) is 100 cm³/mol. The molecule has 4 heteroatoms. The van der Waals surface area contributed by atoms with Crippen molar-refractivity contribution >= 4 is 11.9 Å². The lowest BCUT2D eigenvalue weighted by Gasteiger charge is -2.20. The lowest BCUT2D eigenvalue weighted by atomic mass is 9.90. The highest BCUT2D eigenvalue weighted by molar-refractivity contribution is 5.77. The third-order valence-corrected chi connectivity index (χ3v) is 4.66. The van der Waals surface area contributed by atoms with E-state index in [-0.39, 0.29) is 24.8 Å². The second-order valence-electron chi connectivity index (χ2n) is 7.02. The maximum absolute atomic E-state index is 11.7. The van der Waals surface area contributed by atoms with Gasteiger partial charge in [-0.05, 0) is 44.4 Å². The Balaban J connectivity index is 1.93. The first-order valence-electron chi connectivity index (χ1n) is 10.2. The number of carbonyl (C=O) groups excluding carboxylic acids is 2. The van der Waals surface area contributed by atoms with E-state index < -0.39 is 0 Å². The van der Waals surface area contributed by atoms with Gasteiger partial charge in [0.2, 0.25) is 0 Å². The molecule has 0 atom stereocenters. The first kappa shape index (κ1) is 21.7. The number of hydrogen-bond donors (Lipinski definition) is 0. The van der Waals surface area contributed by atoms with E-state index >= 15 is 0 Å². The van der Waals surface area contributed by atoms with E-state index in [9.17, 15) is 9.59 Å². The van der Waals surface area contributed by atoms with Gasteiger partial charge in [-0.15, -0.1) is 0 Å². The number of rotatable bonds is 13. The molecule has 0 bridgehead atoms. The van der Waals surface area contributed by atoms with Gasteiger partial charge in [0.15, 0.2) is 0 Å². The maximum Gasteiger partial charge on any atom is 0.306 e. The Bertz CT molecular complexity index is 383. The molecule has 1 aliphatic carbocycles. The fraction of sp³-hybridized carbons (Fsp3) is 0.810. The Kier molecular flexibility index (Phi) is 13.0. The fourth-order valence-electron chi connectivity index (χ4n) is 3.05. The topological polar surface area (TPSA) is 52.6 Å². The van der Waals surface area contributed by atoms with Crippen molar-refractivity contribution in [3.8, 4) is 0 Å². The molecule has 0 aliphatic heterocycles. The summed E-state index contributed by atoms with van der Waals surface area (Å²) in [6, 6.07) is 0. The van der Waals surface area contributed by atoms with Gasteiger partial charge in [0.1, 0.15) is 0 Å². The number of hydrogen-bond acceptors (Lipinski definition) is 4.